The minimum absolute atomic E-state index is 0.895. The monoisotopic (exact) mass is 204 g/mol. The molecule has 0 fully saturated rings. The Labute approximate surface area is 89.5 Å². The van der Waals surface area contributed by atoms with Crippen molar-refractivity contribution >= 4 is 0 Å². The van der Waals surface area contributed by atoms with Gasteiger partial charge in [-0.25, -0.2) is 0 Å². The number of rotatable bonds is 3. The van der Waals surface area contributed by atoms with E-state index in [2.05, 4.69) is 23.3 Å². The van der Waals surface area contributed by atoms with Gasteiger partial charge in [0.2, 0.25) is 0 Å². The van der Waals surface area contributed by atoms with Gasteiger partial charge in [-0.05, 0) is 25.5 Å². The summed E-state index contributed by atoms with van der Waals surface area (Å²) in [5, 5.41) is 8.74. The lowest BCUT2D eigenvalue weighted by Crippen LogP contribution is -2.03. The summed E-state index contributed by atoms with van der Waals surface area (Å²) in [6, 6.07) is 2.04. The first-order chi connectivity index (χ1) is 7.15. The third-order valence-electron chi connectivity index (χ3n) is 2.56. The van der Waals surface area contributed by atoms with Crippen LogP contribution < -0.4 is 0 Å². The van der Waals surface area contributed by atoms with Crippen LogP contribution in [0.2, 0.25) is 0 Å². The third-order valence-corrected chi connectivity index (χ3v) is 2.56. The average Bonchev–Trinajstić information content (AvgIpc) is 2.72. The first kappa shape index (κ1) is 9.96. The van der Waals surface area contributed by atoms with Gasteiger partial charge in [0, 0.05) is 32.4 Å². The van der Waals surface area contributed by atoms with Gasteiger partial charge in [-0.2, -0.15) is 10.2 Å². The van der Waals surface area contributed by atoms with Crippen LogP contribution >= 0.6 is 0 Å². The van der Waals surface area contributed by atoms with E-state index >= 15 is 0 Å². The first-order valence-electron chi connectivity index (χ1n) is 5.14. The molecule has 0 atom stereocenters. The van der Waals surface area contributed by atoms with Gasteiger partial charge in [-0.15, -0.1) is 0 Å². The van der Waals surface area contributed by atoms with Crippen LogP contribution in [0.15, 0.2) is 18.5 Å². The van der Waals surface area contributed by atoms with Gasteiger partial charge in [0.25, 0.3) is 0 Å². The Bertz CT molecular complexity index is 433. The van der Waals surface area contributed by atoms with Crippen molar-refractivity contribution in [2.75, 3.05) is 0 Å². The van der Waals surface area contributed by atoms with Crippen LogP contribution in [-0.2, 0) is 20.0 Å². The van der Waals surface area contributed by atoms with Gasteiger partial charge in [-0.1, -0.05) is 0 Å². The summed E-state index contributed by atoms with van der Waals surface area (Å²) in [6.45, 7) is 5.01. The van der Waals surface area contributed by atoms with Crippen LogP contribution in [0.5, 0.6) is 0 Å². The van der Waals surface area contributed by atoms with Crippen LogP contribution in [0.25, 0.3) is 0 Å². The average molecular weight is 204 g/mol. The molecule has 4 nitrogen and oxygen atoms in total. The number of aryl methyl sites for hydroxylation is 5. The topological polar surface area (TPSA) is 35.6 Å². The quantitative estimate of drug-likeness (QED) is 0.759. The molecule has 0 spiro atoms. The highest BCUT2D eigenvalue weighted by molar-refractivity contribution is 5.12. The standard InChI is InChI=1S/C11H16N4/c1-9-8-15(12-10(9)2)7-5-11-4-6-14(3)13-11/h4,6,8H,5,7H2,1-3H3. The summed E-state index contributed by atoms with van der Waals surface area (Å²) >= 11 is 0. The molecule has 0 unspecified atom stereocenters. The fraction of sp³-hybridized carbons (Fsp3) is 0.455. The molecule has 0 aliphatic carbocycles. The molecule has 0 saturated heterocycles. The van der Waals surface area contributed by atoms with Crippen LogP contribution in [0, 0.1) is 13.8 Å². The van der Waals surface area contributed by atoms with Crippen molar-refractivity contribution in [3.63, 3.8) is 0 Å². The van der Waals surface area contributed by atoms with E-state index in [0.29, 0.717) is 0 Å². The van der Waals surface area contributed by atoms with Crippen LogP contribution in [0.1, 0.15) is 17.0 Å². The van der Waals surface area contributed by atoms with Gasteiger partial charge in [0.1, 0.15) is 0 Å². The molecule has 15 heavy (non-hydrogen) atoms. The zero-order valence-electron chi connectivity index (χ0n) is 9.44. The molecule has 0 aliphatic rings. The summed E-state index contributed by atoms with van der Waals surface area (Å²) in [5.74, 6) is 0. The van der Waals surface area contributed by atoms with E-state index in [1.807, 2.05) is 35.6 Å². The summed E-state index contributed by atoms with van der Waals surface area (Å²) in [7, 11) is 1.94. The molecule has 80 valence electrons. The number of hydrogen-bond donors (Lipinski definition) is 0. The molecule has 2 rings (SSSR count). The number of aromatic nitrogens is 4. The molecule has 0 amide bonds. The molecule has 0 aliphatic heterocycles. The second-order valence-electron chi connectivity index (χ2n) is 3.89. The number of hydrogen-bond acceptors (Lipinski definition) is 2. The highest BCUT2D eigenvalue weighted by atomic mass is 15.3. The molecule has 0 radical (unpaired) electrons. The zero-order chi connectivity index (χ0) is 10.8. The Balaban J connectivity index is 1.99. The van der Waals surface area contributed by atoms with Crippen molar-refractivity contribution in [3.8, 4) is 0 Å². The van der Waals surface area contributed by atoms with Crippen molar-refractivity contribution < 1.29 is 0 Å². The van der Waals surface area contributed by atoms with Crippen LogP contribution in [0.4, 0.5) is 0 Å². The maximum absolute atomic E-state index is 4.41. The lowest BCUT2D eigenvalue weighted by atomic mass is 10.3. The van der Waals surface area contributed by atoms with Gasteiger partial charge in [-0.3, -0.25) is 9.36 Å². The van der Waals surface area contributed by atoms with E-state index in [1.165, 1.54) is 5.56 Å². The molecule has 0 saturated carbocycles. The van der Waals surface area contributed by atoms with Crippen molar-refractivity contribution in [2.24, 2.45) is 7.05 Å². The van der Waals surface area contributed by atoms with Gasteiger partial charge in [0.05, 0.1) is 11.4 Å². The Morgan fingerprint density at radius 1 is 1.27 bits per heavy atom. The van der Waals surface area contributed by atoms with E-state index < -0.39 is 0 Å². The van der Waals surface area contributed by atoms with Crippen molar-refractivity contribution in [2.45, 2.75) is 26.8 Å². The molecular weight excluding hydrogens is 188 g/mol. The predicted molar refractivity (Wildman–Crippen MR) is 58.6 cm³/mol. The SMILES string of the molecule is Cc1cn(CCc2ccn(C)n2)nc1C. The summed E-state index contributed by atoms with van der Waals surface area (Å²) in [4.78, 5) is 0. The van der Waals surface area contributed by atoms with Gasteiger partial charge < -0.3 is 0 Å². The van der Waals surface area contributed by atoms with Crippen LogP contribution in [0.3, 0.4) is 0 Å². The summed E-state index contributed by atoms with van der Waals surface area (Å²) < 4.78 is 3.81. The second-order valence-corrected chi connectivity index (χ2v) is 3.89. The van der Waals surface area contributed by atoms with E-state index in [4.69, 9.17) is 0 Å². The van der Waals surface area contributed by atoms with Gasteiger partial charge >= 0.3 is 0 Å². The van der Waals surface area contributed by atoms with Crippen molar-refractivity contribution in [1.29, 1.82) is 0 Å². The minimum Gasteiger partial charge on any atom is -0.276 e. The molecule has 2 aromatic rings. The lowest BCUT2D eigenvalue weighted by molar-refractivity contribution is 0.597. The Morgan fingerprint density at radius 2 is 2.07 bits per heavy atom. The predicted octanol–water partition coefficient (Wildman–Crippen LogP) is 1.48. The van der Waals surface area contributed by atoms with E-state index in [-0.39, 0.29) is 0 Å². The Hall–Kier alpha value is -1.58. The zero-order valence-corrected chi connectivity index (χ0v) is 9.44. The summed E-state index contributed by atoms with van der Waals surface area (Å²) in [5.41, 5.74) is 3.47. The van der Waals surface area contributed by atoms with E-state index in [1.54, 1.807) is 0 Å². The number of nitrogens with zero attached hydrogens (tertiary/aromatic N) is 4. The van der Waals surface area contributed by atoms with Crippen LogP contribution in [-0.4, -0.2) is 19.6 Å². The molecule has 0 bridgehead atoms. The second kappa shape index (κ2) is 3.88. The van der Waals surface area contributed by atoms with Crippen molar-refractivity contribution in [1.82, 2.24) is 19.6 Å². The Morgan fingerprint density at radius 3 is 2.60 bits per heavy atom. The maximum atomic E-state index is 4.41. The molecule has 4 heteroatoms. The highest BCUT2D eigenvalue weighted by Gasteiger charge is 2.01. The Kier molecular flexibility index (Phi) is 2.58. The highest BCUT2D eigenvalue weighted by Crippen LogP contribution is 2.04. The molecule has 0 aromatic carbocycles. The maximum Gasteiger partial charge on any atom is 0.0642 e. The molecule has 0 N–H and O–H groups in total. The van der Waals surface area contributed by atoms with Crippen molar-refractivity contribution in [3.05, 3.63) is 35.4 Å². The fourth-order valence-electron chi connectivity index (χ4n) is 1.56. The minimum atomic E-state index is 0.895. The molecular formula is C11H16N4. The summed E-state index contributed by atoms with van der Waals surface area (Å²) in [6.07, 6.45) is 4.98. The molecule has 2 aromatic heterocycles. The normalized spacial score (nSPS) is 10.9. The van der Waals surface area contributed by atoms with E-state index in [0.717, 1.165) is 24.4 Å². The largest absolute Gasteiger partial charge is 0.276 e. The smallest absolute Gasteiger partial charge is 0.0642 e. The van der Waals surface area contributed by atoms with E-state index in [9.17, 15) is 0 Å². The fourth-order valence-corrected chi connectivity index (χ4v) is 1.56. The lowest BCUT2D eigenvalue weighted by Gasteiger charge is -1.98. The first-order valence-corrected chi connectivity index (χ1v) is 5.14. The molecule has 2 heterocycles. The third kappa shape index (κ3) is 2.26. The van der Waals surface area contributed by atoms with Gasteiger partial charge in [0.15, 0.2) is 0 Å².